The number of halogens is 1. The molecule has 0 amide bonds. The molecule has 1 N–H and O–H groups in total. The molecule has 1 fully saturated rings. The Balaban J connectivity index is 2.54. The van der Waals surface area contributed by atoms with E-state index in [0.29, 0.717) is 16.8 Å². The number of hydrogen-bond donors (Lipinski definition) is 1. The van der Waals surface area contributed by atoms with Crippen LogP contribution in [0, 0.1) is 15.9 Å². The minimum atomic E-state index is -4.38. The van der Waals surface area contributed by atoms with E-state index in [-0.39, 0.29) is 13.0 Å². The third kappa shape index (κ3) is 2.72. The summed E-state index contributed by atoms with van der Waals surface area (Å²) < 4.78 is 38.6. The van der Waals surface area contributed by atoms with Gasteiger partial charge in [0.1, 0.15) is 11.9 Å². The Kier molecular flexibility index (Phi) is 3.92. The molecule has 21 heavy (non-hydrogen) atoms. The van der Waals surface area contributed by atoms with Gasteiger partial charge >= 0.3 is 5.97 Å². The first kappa shape index (κ1) is 15.3. The molecule has 1 heterocycles. The topological polar surface area (TPSA) is 118 Å². The Morgan fingerprint density at radius 1 is 1.48 bits per heavy atom. The van der Waals surface area contributed by atoms with Gasteiger partial charge in [-0.1, -0.05) is 0 Å². The molecule has 1 saturated heterocycles. The van der Waals surface area contributed by atoms with E-state index in [1.807, 2.05) is 0 Å². The second kappa shape index (κ2) is 5.37. The minimum absolute atomic E-state index is 0.0478. The SMILES string of the molecule is O=C(O)[C@H]1CCCN1S(=O)(=O)c1ccc(F)cc1[N+](=O)[O-]. The Hall–Kier alpha value is -2.07. The van der Waals surface area contributed by atoms with E-state index in [2.05, 4.69) is 0 Å². The smallest absolute Gasteiger partial charge is 0.322 e. The number of sulfonamides is 1. The molecule has 10 heteroatoms. The molecular weight excluding hydrogens is 307 g/mol. The van der Waals surface area contributed by atoms with Gasteiger partial charge in [-0.2, -0.15) is 4.31 Å². The van der Waals surface area contributed by atoms with Crippen LogP contribution in [-0.4, -0.2) is 41.3 Å². The molecule has 0 spiro atoms. The number of nitro groups is 1. The van der Waals surface area contributed by atoms with Crippen molar-refractivity contribution in [2.24, 2.45) is 0 Å². The van der Waals surface area contributed by atoms with Crippen molar-refractivity contribution in [2.75, 3.05) is 6.54 Å². The van der Waals surface area contributed by atoms with Gasteiger partial charge in [-0.05, 0) is 25.0 Å². The summed E-state index contributed by atoms with van der Waals surface area (Å²) in [5.41, 5.74) is -0.911. The Bertz CT molecular complexity index is 705. The van der Waals surface area contributed by atoms with Crippen molar-refractivity contribution in [3.63, 3.8) is 0 Å². The lowest BCUT2D eigenvalue weighted by Gasteiger charge is -2.20. The number of carboxylic acid groups (broad SMARTS) is 1. The highest BCUT2D eigenvalue weighted by Crippen LogP contribution is 2.31. The van der Waals surface area contributed by atoms with Crippen molar-refractivity contribution < 1.29 is 27.6 Å². The van der Waals surface area contributed by atoms with Crippen LogP contribution < -0.4 is 0 Å². The van der Waals surface area contributed by atoms with E-state index in [9.17, 15) is 27.7 Å². The molecule has 0 bridgehead atoms. The molecule has 0 aliphatic carbocycles. The molecule has 1 aromatic carbocycles. The number of hydrogen-bond acceptors (Lipinski definition) is 5. The molecule has 0 saturated carbocycles. The molecule has 1 aliphatic rings. The average molecular weight is 318 g/mol. The lowest BCUT2D eigenvalue weighted by molar-refractivity contribution is -0.388. The number of rotatable bonds is 4. The molecule has 8 nitrogen and oxygen atoms in total. The van der Waals surface area contributed by atoms with Crippen LogP contribution >= 0.6 is 0 Å². The van der Waals surface area contributed by atoms with Crippen molar-refractivity contribution in [3.8, 4) is 0 Å². The number of aliphatic carboxylic acids is 1. The summed E-state index contributed by atoms with van der Waals surface area (Å²) >= 11 is 0. The lowest BCUT2D eigenvalue weighted by atomic mass is 10.2. The van der Waals surface area contributed by atoms with Gasteiger partial charge in [0, 0.05) is 6.54 Å². The van der Waals surface area contributed by atoms with E-state index in [1.54, 1.807) is 0 Å². The molecule has 114 valence electrons. The number of nitrogens with zero attached hydrogens (tertiary/aromatic N) is 2. The summed E-state index contributed by atoms with van der Waals surface area (Å²) in [6.07, 6.45) is 0.467. The summed E-state index contributed by atoms with van der Waals surface area (Å²) in [7, 11) is -4.38. The van der Waals surface area contributed by atoms with Crippen molar-refractivity contribution in [1.29, 1.82) is 0 Å². The Morgan fingerprint density at radius 2 is 2.14 bits per heavy atom. The average Bonchev–Trinajstić information content (AvgIpc) is 2.88. The molecule has 0 unspecified atom stereocenters. The first-order valence-corrected chi connectivity index (χ1v) is 7.37. The van der Waals surface area contributed by atoms with Crippen molar-refractivity contribution in [3.05, 3.63) is 34.1 Å². The largest absolute Gasteiger partial charge is 0.480 e. The van der Waals surface area contributed by atoms with E-state index in [4.69, 9.17) is 5.11 Å². The zero-order valence-electron chi connectivity index (χ0n) is 10.6. The normalized spacial score (nSPS) is 19.6. The molecular formula is C11H11FN2O6S. The number of carboxylic acids is 1. The first-order chi connectivity index (χ1) is 9.75. The Morgan fingerprint density at radius 3 is 2.71 bits per heavy atom. The van der Waals surface area contributed by atoms with Gasteiger partial charge in [-0.3, -0.25) is 14.9 Å². The van der Waals surface area contributed by atoms with Gasteiger partial charge in [-0.15, -0.1) is 0 Å². The summed E-state index contributed by atoms with van der Waals surface area (Å²) in [4.78, 5) is 20.2. The second-order valence-electron chi connectivity index (χ2n) is 4.48. The molecule has 1 atom stereocenters. The van der Waals surface area contributed by atoms with E-state index >= 15 is 0 Å². The monoisotopic (exact) mass is 318 g/mol. The maximum Gasteiger partial charge on any atom is 0.322 e. The lowest BCUT2D eigenvalue weighted by Crippen LogP contribution is -2.40. The number of nitro benzene ring substituents is 1. The summed E-state index contributed by atoms with van der Waals surface area (Å²) in [6.45, 7) is -0.0478. The van der Waals surface area contributed by atoms with Gasteiger partial charge < -0.3 is 5.11 Å². The van der Waals surface area contributed by atoms with Gasteiger partial charge in [-0.25, -0.2) is 12.8 Å². The fraction of sp³-hybridized carbons (Fsp3) is 0.364. The van der Waals surface area contributed by atoms with Crippen LogP contribution in [0.25, 0.3) is 0 Å². The molecule has 0 aromatic heterocycles. The fourth-order valence-corrected chi connectivity index (χ4v) is 4.04. The fourth-order valence-electron chi connectivity index (χ4n) is 2.25. The first-order valence-electron chi connectivity index (χ1n) is 5.93. The Labute approximate surface area is 119 Å². The molecule has 1 aromatic rings. The molecule has 0 radical (unpaired) electrons. The standard InChI is InChI=1S/C11H11FN2O6S/c12-7-3-4-10(9(6-7)14(17)18)21(19,20)13-5-1-2-8(13)11(15)16/h3-4,6,8H,1-2,5H2,(H,15,16)/t8-/m1/s1. The van der Waals surface area contributed by atoms with E-state index in [1.165, 1.54) is 0 Å². The maximum absolute atomic E-state index is 13.1. The quantitative estimate of drug-likeness (QED) is 0.653. The highest BCUT2D eigenvalue weighted by atomic mass is 32.2. The molecule has 1 aliphatic heterocycles. The summed E-state index contributed by atoms with van der Waals surface area (Å²) in [5, 5.41) is 19.9. The number of carbonyl (C=O) groups is 1. The van der Waals surface area contributed by atoms with E-state index in [0.717, 1.165) is 12.1 Å². The van der Waals surface area contributed by atoms with Crippen LogP contribution in [0.5, 0.6) is 0 Å². The zero-order chi connectivity index (χ0) is 15.8. The molecule has 2 rings (SSSR count). The van der Waals surface area contributed by atoms with Crippen LogP contribution in [0.4, 0.5) is 10.1 Å². The highest BCUT2D eigenvalue weighted by molar-refractivity contribution is 7.89. The summed E-state index contributed by atoms with van der Waals surface area (Å²) in [6, 6.07) is 0.796. The third-order valence-electron chi connectivity index (χ3n) is 3.19. The van der Waals surface area contributed by atoms with Crippen molar-refractivity contribution in [2.45, 2.75) is 23.8 Å². The predicted octanol–water partition coefficient (Wildman–Crippen LogP) is 0.972. The van der Waals surface area contributed by atoms with E-state index < -0.39 is 43.4 Å². The zero-order valence-corrected chi connectivity index (χ0v) is 11.4. The second-order valence-corrected chi connectivity index (χ2v) is 6.34. The predicted molar refractivity (Wildman–Crippen MR) is 67.6 cm³/mol. The maximum atomic E-state index is 13.1. The van der Waals surface area contributed by atoms with Gasteiger partial charge in [0.05, 0.1) is 11.0 Å². The highest BCUT2D eigenvalue weighted by Gasteiger charge is 2.42. The van der Waals surface area contributed by atoms with Crippen LogP contribution in [0.15, 0.2) is 23.1 Å². The van der Waals surface area contributed by atoms with Crippen molar-refractivity contribution in [1.82, 2.24) is 4.31 Å². The van der Waals surface area contributed by atoms with Crippen LogP contribution in [0.2, 0.25) is 0 Å². The third-order valence-corrected chi connectivity index (χ3v) is 5.15. The minimum Gasteiger partial charge on any atom is -0.480 e. The van der Waals surface area contributed by atoms with Gasteiger partial charge in [0.15, 0.2) is 4.90 Å². The van der Waals surface area contributed by atoms with Crippen LogP contribution in [0.1, 0.15) is 12.8 Å². The van der Waals surface area contributed by atoms with Gasteiger partial charge in [0.25, 0.3) is 15.7 Å². The van der Waals surface area contributed by atoms with Crippen molar-refractivity contribution >= 4 is 21.7 Å². The van der Waals surface area contributed by atoms with Crippen LogP contribution in [0.3, 0.4) is 0 Å². The van der Waals surface area contributed by atoms with Gasteiger partial charge in [0.2, 0.25) is 0 Å². The number of benzene rings is 1. The summed E-state index contributed by atoms with van der Waals surface area (Å²) in [5.74, 6) is -2.27. The van der Waals surface area contributed by atoms with Crippen LogP contribution in [-0.2, 0) is 14.8 Å².